The lowest BCUT2D eigenvalue weighted by molar-refractivity contribution is -0.135. The van der Waals surface area contributed by atoms with Crippen molar-refractivity contribution in [2.24, 2.45) is 0 Å². The van der Waals surface area contributed by atoms with Crippen LogP contribution in [-0.2, 0) is 20.7 Å². The summed E-state index contributed by atoms with van der Waals surface area (Å²) in [6.07, 6.45) is 3.49. The van der Waals surface area contributed by atoms with Crippen molar-refractivity contribution in [2.45, 2.75) is 43.6 Å². The molecule has 1 spiro atoms. The fourth-order valence-electron chi connectivity index (χ4n) is 4.03. The molecule has 1 aliphatic carbocycles. The molecule has 5 heteroatoms. The summed E-state index contributed by atoms with van der Waals surface area (Å²) >= 11 is 0. The van der Waals surface area contributed by atoms with Crippen LogP contribution in [-0.4, -0.2) is 42.3 Å². The maximum absolute atomic E-state index is 12.6. The predicted octanol–water partition coefficient (Wildman–Crippen LogP) is 2.63. The van der Waals surface area contributed by atoms with E-state index in [1.54, 1.807) is 0 Å². The Balaban J connectivity index is 1.35. The van der Waals surface area contributed by atoms with Crippen molar-refractivity contribution in [3.8, 4) is 0 Å². The van der Waals surface area contributed by atoms with Crippen LogP contribution in [0, 0.1) is 0 Å². The molecule has 2 fully saturated rings. The van der Waals surface area contributed by atoms with Crippen LogP contribution < -0.4 is 0 Å². The molecule has 5 nitrogen and oxygen atoms in total. The van der Waals surface area contributed by atoms with E-state index in [1.807, 2.05) is 4.90 Å². The van der Waals surface area contributed by atoms with Gasteiger partial charge in [0.25, 0.3) is 0 Å². The topological polar surface area (TPSA) is 55.8 Å². The van der Waals surface area contributed by atoms with Crippen LogP contribution in [0.3, 0.4) is 0 Å². The lowest BCUT2D eigenvalue weighted by Crippen LogP contribution is -2.48. The van der Waals surface area contributed by atoms with Gasteiger partial charge in [0.2, 0.25) is 5.91 Å². The summed E-state index contributed by atoms with van der Waals surface area (Å²) in [6.45, 7) is 1.61. The van der Waals surface area contributed by atoms with Crippen molar-refractivity contribution in [1.82, 2.24) is 4.90 Å². The van der Waals surface area contributed by atoms with Crippen LogP contribution >= 0.6 is 0 Å². The largest absolute Gasteiger partial charge is 0.509 e. The number of ether oxygens (including phenoxy) is 2. The molecule has 0 bridgehead atoms. The van der Waals surface area contributed by atoms with Gasteiger partial charge in [-0.05, 0) is 29.9 Å². The molecule has 1 atom stereocenters. The van der Waals surface area contributed by atoms with Gasteiger partial charge in [0.1, 0.15) is 6.61 Å². The molecule has 1 unspecified atom stereocenters. The van der Waals surface area contributed by atoms with Crippen molar-refractivity contribution >= 4 is 12.1 Å². The fraction of sp³-hybridized carbons (Fsp3) is 0.556. The zero-order chi connectivity index (χ0) is 15.9. The summed E-state index contributed by atoms with van der Waals surface area (Å²) in [6, 6.07) is 8.44. The van der Waals surface area contributed by atoms with E-state index >= 15 is 0 Å². The Morgan fingerprint density at radius 2 is 2.04 bits per heavy atom. The van der Waals surface area contributed by atoms with E-state index in [-0.39, 0.29) is 5.91 Å². The smallest absolute Gasteiger partial charge is 0.430 e. The summed E-state index contributed by atoms with van der Waals surface area (Å²) < 4.78 is 10.2. The molecular weight excluding hydrogens is 294 g/mol. The number of benzene rings is 1. The normalized spacial score (nSPS) is 25.1. The number of cyclic esters (lactones) is 1. The van der Waals surface area contributed by atoms with E-state index in [0.29, 0.717) is 44.9 Å². The third-order valence-electron chi connectivity index (χ3n) is 5.46. The zero-order valence-corrected chi connectivity index (χ0v) is 13.1. The number of rotatable bonds is 2. The minimum Gasteiger partial charge on any atom is -0.430 e. The second-order valence-electron chi connectivity index (χ2n) is 6.84. The molecule has 1 aromatic carbocycles. The average molecular weight is 315 g/mol. The highest BCUT2D eigenvalue weighted by molar-refractivity contribution is 5.77. The van der Waals surface area contributed by atoms with Gasteiger partial charge in [0, 0.05) is 32.4 Å². The summed E-state index contributed by atoms with van der Waals surface area (Å²) in [5.41, 5.74) is 2.23. The molecule has 0 radical (unpaired) electrons. The number of hydrogen-bond acceptors (Lipinski definition) is 4. The van der Waals surface area contributed by atoms with Gasteiger partial charge in [-0.25, -0.2) is 4.79 Å². The fourth-order valence-corrected chi connectivity index (χ4v) is 4.03. The number of amides is 1. The third-order valence-corrected chi connectivity index (χ3v) is 5.46. The minimum absolute atomic E-state index is 0.215. The summed E-state index contributed by atoms with van der Waals surface area (Å²) in [7, 11) is 0. The second-order valence-corrected chi connectivity index (χ2v) is 6.84. The number of carbonyl (C=O) groups is 2. The standard InChI is InChI=1S/C18H21NO4/c20-16(11-14-6-5-13-3-1-2-4-15(13)14)19-9-7-18(8-10-19)12-22-17(21)23-18/h1-4,14H,5-12H2. The summed E-state index contributed by atoms with van der Waals surface area (Å²) in [4.78, 5) is 25.7. The molecule has 1 aromatic rings. The van der Waals surface area contributed by atoms with E-state index < -0.39 is 11.8 Å². The summed E-state index contributed by atoms with van der Waals surface area (Å²) in [5, 5.41) is 0. The Kier molecular flexibility index (Phi) is 3.51. The molecule has 122 valence electrons. The van der Waals surface area contributed by atoms with Crippen molar-refractivity contribution in [3.63, 3.8) is 0 Å². The molecule has 2 aliphatic heterocycles. The van der Waals surface area contributed by atoms with Gasteiger partial charge in [0.15, 0.2) is 5.60 Å². The first kappa shape index (κ1) is 14.5. The first-order chi connectivity index (χ1) is 11.2. The number of fused-ring (bicyclic) bond motifs is 1. The van der Waals surface area contributed by atoms with Crippen molar-refractivity contribution in [3.05, 3.63) is 35.4 Å². The minimum atomic E-state index is -0.577. The van der Waals surface area contributed by atoms with Crippen molar-refractivity contribution in [2.75, 3.05) is 19.7 Å². The quantitative estimate of drug-likeness (QED) is 0.787. The van der Waals surface area contributed by atoms with E-state index in [1.165, 1.54) is 11.1 Å². The van der Waals surface area contributed by atoms with Crippen molar-refractivity contribution < 1.29 is 19.1 Å². The summed E-state index contributed by atoms with van der Waals surface area (Å²) in [5.74, 6) is 0.564. The number of nitrogens with zero attached hydrogens (tertiary/aromatic N) is 1. The maximum atomic E-state index is 12.6. The Bertz CT molecular complexity index is 634. The highest BCUT2D eigenvalue weighted by atomic mass is 16.8. The van der Waals surface area contributed by atoms with E-state index in [0.717, 1.165) is 12.8 Å². The molecule has 0 aromatic heterocycles. The van der Waals surface area contributed by atoms with Crippen LogP contribution in [0.5, 0.6) is 0 Å². The molecule has 0 N–H and O–H groups in total. The number of piperidine rings is 1. The van der Waals surface area contributed by atoms with Crippen molar-refractivity contribution in [1.29, 1.82) is 0 Å². The first-order valence-corrected chi connectivity index (χ1v) is 8.37. The average Bonchev–Trinajstić information content (AvgIpc) is 3.13. The second kappa shape index (κ2) is 5.55. The van der Waals surface area contributed by atoms with Gasteiger partial charge in [0.05, 0.1) is 0 Å². The van der Waals surface area contributed by atoms with Gasteiger partial charge in [-0.2, -0.15) is 0 Å². The Labute approximate surface area is 135 Å². The van der Waals surface area contributed by atoms with Gasteiger partial charge in [-0.1, -0.05) is 24.3 Å². The Hall–Kier alpha value is -2.04. The highest BCUT2D eigenvalue weighted by Gasteiger charge is 2.45. The molecule has 0 saturated carbocycles. The lowest BCUT2D eigenvalue weighted by Gasteiger charge is -2.36. The molecule has 23 heavy (non-hydrogen) atoms. The highest BCUT2D eigenvalue weighted by Crippen LogP contribution is 2.37. The van der Waals surface area contributed by atoms with Gasteiger partial charge in [-0.3, -0.25) is 4.79 Å². The molecule has 4 rings (SSSR count). The van der Waals surface area contributed by atoms with Crippen LogP contribution in [0.2, 0.25) is 0 Å². The third kappa shape index (κ3) is 2.69. The van der Waals surface area contributed by atoms with Crippen LogP contribution in [0.25, 0.3) is 0 Å². The number of likely N-dealkylation sites (tertiary alicyclic amines) is 1. The van der Waals surface area contributed by atoms with E-state index in [9.17, 15) is 9.59 Å². The van der Waals surface area contributed by atoms with E-state index in [4.69, 9.17) is 9.47 Å². The Morgan fingerprint density at radius 1 is 1.26 bits per heavy atom. The van der Waals surface area contributed by atoms with Gasteiger partial charge >= 0.3 is 6.16 Å². The van der Waals surface area contributed by atoms with Gasteiger partial charge in [-0.15, -0.1) is 0 Å². The Morgan fingerprint density at radius 3 is 2.78 bits per heavy atom. The van der Waals surface area contributed by atoms with Crippen LogP contribution in [0.1, 0.15) is 42.7 Å². The first-order valence-electron chi connectivity index (χ1n) is 8.37. The molecule has 2 saturated heterocycles. The molecule has 1 amide bonds. The predicted molar refractivity (Wildman–Crippen MR) is 83.1 cm³/mol. The number of hydrogen-bond donors (Lipinski definition) is 0. The van der Waals surface area contributed by atoms with Crippen LogP contribution in [0.15, 0.2) is 24.3 Å². The maximum Gasteiger partial charge on any atom is 0.509 e. The SMILES string of the molecule is O=C1OCC2(CCN(C(=O)CC3CCc4ccccc43)CC2)O1. The molecule has 3 aliphatic rings. The van der Waals surface area contributed by atoms with Gasteiger partial charge < -0.3 is 14.4 Å². The zero-order valence-electron chi connectivity index (χ0n) is 13.1. The molecule has 2 heterocycles. The number of aryl methyl sites for hydroxylation is 1. The van der Waals surface area contributed by atoms with Crippen LogP contribution in [0.4, 0.5) is 4.79 Å². The van der Waals surface area contributed by atoms with E-state index in [2.05, 4.69) is 24.3 Å². The monoisotopic (exact) mass is 315 g/mol. The number of carbonyl (C=O) groups excluding carboxylic acids is 2. The lowest BCUT2D eigenvalue weighted by atomic mass is 9.91. The molecular formula is C18H21NO4.